The molecule has 4 atom stereocenters. The molecule has 2 saturated heterocycles. The van der Waals surface area contributed by atoms with Crippen molar-refractivity contribution >= 4 is 33.2 Å². The molecule has 172 valence electrons. The maximum atomic E-state index is 12.6. The lowest BCUT2D eigenvalue weighted by atomic mass is 9.91. The first-order valence-electron chi connectivity index (χ1n) is 11.4. The molecule has 9 heteroatoms. The number of nitrogens with zero attached hydrogens (tertiary/aromatic N) is 4. The lowest BCUT2D eigenvalue weighted by molar-refractivity contribution is -0.132. The van der Waals surface area contributed by atoms with Gasteiger partial charge in [0.05, 0.1) is 14.2 Å². The Kier molecular flexibility index (Phi) is 4.97. The van der Waals surface area contributed by atoms with Crippen LogP contribution in [0.25, 0.3) is 5.52 Å². The van der Waals surface area contributed by atoms with Crippen molar-refractivity contribution in [2.75, 3.05) is 26.1 Å². The molecule has 1 saturated carbocycles. The van der Waals surface area contributed by atoms with E-state index >= 15 is 0 Å². The molecule has 0 bridgehead atoms. The Hall–Kier alpha value is -2.81. The Morgan fingerprint density at radius 2 is 2.12 bits per heavy atom. The van der Waals surface area contributed by atoms with Crippen LogP contribution in [0.4, 0.5) is 5.82 Å². The summed E-state index contributed by atoms with van der Waals surface area (Å²) < 4.78 is 13.7. The number of benzene rings is 1. The van der Waals surface area contributed by atoms with Gasteiger partial charge in [-0.05, 0) is 53.2 Å². The first kappa shape index (κ1) is 20.8. The first-order valence-corrected chi connectivity index (χ1v) is 12.2. The molecule has 1 aromatic carbocycles. The van der Waals surface area contributed by atoms with E-state index in [1.165, 1.54) is 0 Å². The summed E-state index contributed by atoms with van der Waals surface area (Å²) in [5.41, 5.74) is 1.90. The highest BCUT2D eigenvalue weighted by molar-refractivity contribution is 9.10. The summed E-state index contributed by atoms with van der Waals surface area (Å²) in [6, 6.07) is 6.22. The third-order valence-electron chi connectivity index (χ3n) is 7.41. The number of hydrogen-bond donors (Lipinski definition) is 1. The molecule has 0 radical (unpaired) electrons. The summed E-state index contributed by atoms with van der Waals surface area (Å²) in [6.45, 7) is 1.30. The van der Waals surface area contributed by atoms with Crippen LogP contribution in [0.3, 0.4) is 0 Å². The number of methoxy groups -OCH3 is 2. The van der Waals surface area contributed by atoms with Crippen molar-refractivity contribution in [3.8, 4) is 11.5 Å². The standard InChI is InChI=1S/C24H26BrN5O3/c1-32-15-5-3-13(19(9-15)33-2)11-27-22-20-21(25)28-23(29(20)8-7-26-22)14-4-6-18-16-10-17(16)24(31)30(18)12-14/h3,5,7-9,14,16-18H,4,6,10-12H2,1-2H3,(H,26,27)/t14?,16-,17-,18?/m0/s1. The highest BCUT2D eigenvalue weighted by Gasteiger charge is 2.59. The largest absolute Gasteiger partial charge is 0.497 e. The summed E-state index contributed by atoms with van der Waals surface area (Å²) in [6.07, 6.45) is 6.97. The van der Waals surface area contributed by atoms with Gasteiger partial charge in [-0.2, -0.15) is 0 Å². The molecule has 3 aliphatic rings. The second-order valence-electron chi connectivity index (χ2n) is 9.12. The second kappa shape index (κ2) is 7.90. The maximum absolute atomic E-state index is 12.6. The molecule has 2 aromatic heterocycles. The number of nitrogens with one attached hydrogen (secondary N) is 1. The van der Waals surface area contributed by atoms with E-state index in [-0.39, 0.29) is 5.92 Å². The minimum atomic E-state index is 0.221. The van der Waals surface area contributed by atoms with E-state index in [9.17, 15) is 4.79 Å². The van der Waals surface area contributed by atoms with Crippen LogP contribution in [0.5, 0.6) is 11.5 Å². The van der Waals surface area contributed by atoms with Gasteiger partial charge in [0.2, 0.25) is 5.91 Å². The third-order valence-corrected chi connectivity index (χ3v) is 7.96. The van der Waals surface area contributed by atoms with Gasteiger partial charge in [-0.1, -0.05) is 0 Å². The molecule has 4 heterocycles. The number of piperidine rings is 2. The Morgan fingerprint density at radius 3 is 2.94 bits per heavy atom. The Bertz CT molecular complexity index is 1240. The van der Waals surface area contributed by atoms with Crippen molar-refractivity contribution < 1.29 is 14.3 Å². The van der Waals surface area contributed by atoms with Gasteiger partial charge in [-0.3, -0.25) is 9.20 Å². The van der Waals surface area contributed by atoms with Gasteiger partial charge < -0.3 is 19.7 Å². The van der Waals surface area contributed by atoms with Crippen molar-refractivity contribution in [2.24, 2.45) is 11.8 Å². The van der Waals surface area contributed by atoms with Gasteiger partial charge in [-0.15, -0.1) is 0 Å². The van der Waals surface area contributed by atoms with E-state index in [4.69, 9.17) is 14.5 Å². The number of ether oxygens (including phenoxy) is 2. The predicted octanol–water partition coefficient (Wildman–Crippen LogP) is 3.85. The topological polar surface area (TPSA) is 81.0 Å². The highest BCUT2D eigenvalue weighted by atomic mass is 79.9. The Labute approximate surface area is 200 Å². The van der Waals surface area contributed by atoms with Crippen LogP contribution < -0.4 is 14.8 Å². The van der Waals surface area contributed by atoms with Crippen LogP contribution >= 0.6 is 15.9 Å². The molecule has 2 unspecified atom stereocenters. The number of rotatable bonds is 6. The number of anilines is 1. The van der Waals surface area contributed by atoms with E-state index in [2.05, 4.69) is 35.5 Å². The van der Waals surface area contributed by atoms with Crippen molar-refractivity contribution in [3.05, 3.63) is 46.6 Å². The number of halogens is 1. The fourth-order valence-corrected chi connectivity index (χ4v) is 6.21. The molecular formula is C24H26BrN5O3. The molecule has 8 nitrogen and oxygen atoms in total. The minimum Gasteiger partial charge on any atom is -0.497 e. The first-order chi connectivity index (χ1) is 16.1. The minimum absolute atomic E-state index is 0.221. The van der Waals surface area contributed by atoms with Crippen LogP contribution in [0.15, 0.2) is 35.2 Å². The zero-order valence-corrected chi connectivity index (χ0v) is 20.2. The quantitative estimate of drug-likeness (QED) is 0.541. The average Bonchev–Trinajstić information content (AvgIpc) is 3.51. The fraction of sp³-hybridized carbons (Fsp3) is 0.458. The van der Waals surface area contributed by atoms with Crippen LogP contribution in [0.2, 0.25) is 0 Å². The number of amides is 1. The Balaban J connectivity index is 1.26. The van der Waals surface area contributed by atoms with E-state index in [1.807, 2.05) is 24.4 Å². The van der Waals surface area contributed by atoms with E-state index in [1.54, 1.807) is 20.4 Å². The number of imidazole rings is 1. The zero-order valence-electron chi connectivity index (χ0n) is 18.6. The normalized spacial score (nSPS) is 25.7. The van der Waals surface area contributed by atoms with Gasteiger partial charge >= 0.3 is 0 Å². The number of aromatic nitrogens is 3. The summed E-state index contributed by atoms with van der Waals surface area (Å²) in [5, 5.41) is 3.44. The predicted molar refractivity (Wildman–Crippen MR) is 127 cm³/mol. The molecular weight excluding hydrogens is 486 g/mol. The number of carbonyl (C=O) groups excluding carboxylic acids is 1. The SMILES string of the molecule is COc1ccc(CNc2nccn3c(C4CCC5[C@H]6C[C@@H]6C(=O)N5C4)nc(Br)c23)c(OC)c1. The number of fused-ring (bicyclic) bond motifs is 4. The van der Waals surface area contributed by atoms with Gasteiger partial charge in [0.25, 0.3) is 0 Å². The molecule has 3 fully saturated rings. The van der Waals surface area contributed by atoms with Gasteiger partial charge in [-0.25, -0.2) is 9.97 Å². The van der Waals surface area contributed by atoms with Gasteiger partial charge in [0, 0.05) is 55.0 Å². The van der Waals surface area contributed by atoms with Gasteiger partial charge in [0.15, 0.2) is 5.82 Å². The third kappa shape index (κ3) is 3.36. The van der Waals surface area contributed by atoms with E-state index in [0.717, 1.165) is 64.6 Å². The van der Waals surface area contributed by atoms with Crippen LogP contribution in [-0.4, -0.2) is 52.0 Å². The smallest absolute Gasteiger partial charge is 0.226 e. The van der Waals surface area contributed by atoms with Crippen LogP contribution in [0, 0.1) is 11.8 Å². The monoisotopic (exact) mass is 511 g/mol. The Morgan fingerprint density at radius 1 is 1.24 bits per heavy atom. The second-order valence-corrected chi connectivity index (χ2v) is 9.88. The lowest BCUT2D eigenvalue weighted by Gasteiger charge is -2.36. The van der Waals surface area contributed by atoms with Crippen LogP contribution in [0.1, 0.15) is 36.6 Å². The molecule has 1 aliphatic carbocycles. The summed E-state index contributed by atoms with van der Waals surface area (Å²) in [4.78, 5) is 24.2. The van der Waals surface area contributed by atoms with Crippen LogP contribution in [-0.2, 0) is 11.3 Å². The summed E-state index contributed by atoms with van der Waals surface area (Å²) >= 11 is 3.66. The van der Waals surface area contributed by atoms with E-state index < -0.39 is 0 Å². The number of hydrogen-bond acceptors (Lipinski definition) is 6. The zero-order chi connectivity index (χ0) is 22.7. The molecule has 33 heavy (non-hydrogen) atoms. The van der Waals surface area contributed by atoms with Crippen molar-refractivity contribution in [1.82, 2.24) is 19.3 Å². The van der Waals surface area contributed by atoms with Crippen molar-refractivity contribution in [1.29, 1.82) is 0 Å². The summed E-state index contributed by atoms with van der Waals surface area (Å²) in [7, 11) is 3.29. The summed E-state index contributed by atoms with van der Waals surface area (Å²) in [5.74, 6) is 4.72. The molecule has 3 aromatic rings. The molecule has 2 aliphatic heterocycles. The average molecular weight is 512 g/mol. The van der Waals surface area contributed by atoms with E-state index in [0.29, 0.717) is 30.3 Å². The van der Waals surface area contributed by atoms with Crippen molar-refractivity contribution in [2.45, 2.75) is 37.8 Å². The fourth-order valence-electron chi connectivity index (χ4n) is 5.65. The lowest BCUT2D eigenvalue weighted by Crippen LogP contribution is -2.43. The molecule has 1 N–H and O–H groups in total. The molecule has 1 amide bonds. The maximum Gasteiger partial charge on any atom is 0.226 e. The molecule has 6 rings (SSSR count). The number of carbonyl (C=O) groups is 1. The van der Waals surface area contributed by atoms with Gasteiger partial charge in [0.1, 0.15) is 27.4 Å². The molecule has 0 spiro atoms. The van der Waals surface area contributed by atoms with Crippen molar-refractivity contribution in [3.63, 3.8) is 0 Å². The highest BCUT2D eigenvalue weighted by Crippen LogP contribution is 2.54.